The number of methoxy groups -OCH3 is 2. The maximum Gasteiger partial charge on any atom is 0.277 e. The third-order valence-electron chi connectivity index (χ3n) is 4.18. The summed E-state index contributed by atoms with van der Waals surface area (Å²) in [5.41, 5.74) is 3.05. The molecule has 29 heavy (non-hydrogen) atoms. The van der Waals surface area contributed by atoms with Gasteiger partial charge < -0.3 is 13.9 Å². The fraction of sp³-hybridized carbons (Fsp3) is 0.190. The topological polar surface area (TPSA) is 70.3 Å². The van der Waals surface area contributed by atoms with Crippen molar-refractivity contribution in [3.05, 3.63) is 70.2 Å². The Balaban J connectivity index is 1.39. The molecule has 0 fully saturated rings. The first kappa shape index (κ1) is 19.5. The summed E-state index contributed by atoms with van der Waals surface area (Å²) in [7, 11) is 3.19. The van der Waals surface area contributed by atoms with E-state index in [0.717, 1.165) is 22.7 Å². The average Bonchev–Trinajstić information content (AvgIpc) is 3.42. The summed E-state index contributed by atoms with van der Waals surface area (Å²) in [6.45, 7) is 0. The molecule has 6 nitrogen and oxygen atoms in total. The fourth-order valence-corrected chi connectivity index (χ4v) is 4.35. The molecule has 148 valence electrons. The Hall–Kier alpha value is -2.84. The number of rotatable bonds is 8. The highest BCUT2D eigenvalue weighted by Crippen LogP contribution is 2.33. The van der Waals surface area contributed by atoms with E-state index < -0.39 is 0 Å². The van der Waals surface area contributed by atoms with Crippen molar-refractivity contribution >= 4 is 23.1 Å². The highest BCUT2D eigenvalue weighted by Gasteiger charge is 2.13. The maximum atomic E-state index is 5.79. The largest absolute Gasteiger partial charge is 0.493 e. The third-order valence-corrected chi connectivity index (χ3v) is 5.93. The number of hydrogen-bond acceptors (Lipinski definition) is 8. The van der Waals surface area contributed by atoms with E-state index in [9.17, 15) is 0 Å². The van der Waals surface area contributed by atoms with Gasteiger partial charge in [0.15, 0.2) is 11.5 Å². The first-order valence-corrected chi connectivity index (χ1v) is 10.8. The third kappa shape index (κ3) is 4.78. The summed E-state index contributed by atoms with van der Waals surface area (Å²) < 4.78 is 16.4. The van der Waals surface area contributed by atoms with E-state index in [-0.39, 0.29) is 0 Å². The van der Waals surface area contributed by atoms with Gasteiger partial charge in [-0.15, -0.1) is 21.5 Å². The molecule has 0 aliphatic rings. The van der Waals surface area contributed by atoms with Gasteiger partial charge in [0, 0.05) is 23.1 Å². The minimum Gasteiger partial charge on any atom is -0.493 e. The first-order chi connectivity index (χ1) is 14.2. The average molecular weight is 426 g/mol. The lowest BCUT2D eigenvalue weighted by Crippen LogP contribution is -1.90. The van der Waals surface area contributed by atoms with Crippen LogP contribution in [0.4, 0.5) is 0 Å². The fourth-order valence-electron chi connectivity index (χ4n) is 2.76. The van der Waals surface area contributed by atoms with Crippen LogP contribution < -0.4 is 9.47 Å². The Labute approximate surface area is 176 Å². The van der Waals surface area contributed by atoms with E-state index in [1.807, 2.05) is 36.4 Å². The number of ether oxygens (including phenoxy) is 2. The molecule has 2 aromatic heterocycles. The summed E-state index contributed by atoms with van der Waals surface area (Å²) in [5, 5.41) is 12.0. The van der Waals surface area contributed by atoms with Crippen molar-refractivity contribution in [1.82, 2.24) is 15.2 Å². The van der Waals surface area contributed by atoms with Crippen LogP contribution in [0.3, 0.4) is 0 Å². The first-order valence-electron chi connectivity index (χ1n) is 8.91. The van der Waals surface area contributed by atoms with Gasteiger partial charge in [-0.05, 0) is 23.8 Å². The van der Waals surface area contributed by atoms with Crippen molar-refractivity contribution in [2.75, 3.05) is 14.2 Å². The molecule has 0 radical (unpaired) electrons. The molecule has 0 atom stereocenters. The molecule has 2 aromatic carbocycles. The molecule has 0 bridgehead atoms. The Morgan fingerprint density at radius 1 is 1.00 bits per heavy atom. The minimum atomic E-state index is 0.441. The van der Waals surface area contributed by atoms with Gasteiger partial charge in [0.25, 0.3) is 5.22 Å². The minimum absolute atomic E-state index is 0.441. The van der Waals surface area contributed by atoms with Crippen molar-refractivity contribution in [1.29, 1.82) is 0 Å². The molecule has 4 rings (SSSR count). The molecule has 2 heterocycles. The van der Waals surface area contributed by atoms with Gasteiger partial charge in [-0.25, -0.2) is 4.98 Å². The number of thioether (sulfide) groups is 1. The van der Waals surface area contributed by atoms with Gasteiger partial charge in [0.05, 0.1) is 24.9 Å². The van der Waals surface area contributed by atoms with Crippen LogP contribution in [0, 0.1) is 0 Å². The van der Waals surface area contributed by atoms with E-state index >= 15 is 0 Å². The normalized spacial score (nSPS) is 10.8. The molecule has 0 amide bonds. The molecular weight excluding hydrogens is 406 g/mol. The lowest BCUT2D eigenvalue weighted by atomic mass is 10.2. The lowest BCUT2D eigenvalue weighted by Gasteiger charge is -2.07. The van der Waals surface area contributed by atoms with Gasteiger partial charge in [-0.1, -0.05) is 42.1 Å². The molecule has 0 unspecified atom stereocenters. The van der Waals surface area contributed by atoms with Crippen molar-refractivity contribution in [3.63, 3.8) is 0 Å². The predicted molar refractivity (Wildman–Crippen MR) is 114 cm³/mol. The van der Waals surface area contributed by atoms with Crippen LogP contribution in [0.5, 0.6) is 11.5 Å². The molecule has 0 aliphatic carbocycles. The van der Waals surface area contributed by atoms with Gasteiger partial charge >= 0.3 is 0 Å². The Kier molecular flexibility index (Phi) is 6.12. The maximum absolute atomic E-state index is 5.79. The van der Waals surface area contributed by atoms with Crippen LogP contribution in [0.2, 0.25) is 0 Å². The molecule has 0 aliphatic heterocycles. The van der Waals surface area contributed by atoms with E-state index in [1.54, 1.807) is 25.6 Å². The molecular formula is C21H19N3O3S2. The van der Waals surface area contributed by atoms with Crippen LogP contribution in [0.25, 0.3) is 11.5 Å². The van der Waals surface area contributed by atoms with Crippen LogP contribution in [-0.2, 0) is 12.2 Å². The molecule has 4 aromatic rings. The number of thiazole rings is 1. The summed E-state index contributed by atoms with van der Waals surface area (Å²) in [4.78, 5) is 4.70. The van der Waals surface area contributed by atoms with Crippen LogP contribution in [0.15, 0.2) is 63.6 Å². The van der Waals surface area contributed by atoms with Crippen LogP contribution >= 0.6 is 23.1 Å². The molecule has 0 saturated heterocycles. The standard InChI is InChI=1S/C21H19N3O3S2/c1-25-17-9-8-15(11-18(17)26-2)20-23-24-21(27-20)29-13-16-12-28-19(22-16)10-14-6-4-3-5-7-14/h3-9,11-12H,10,13H2,1-2H3. The summed E-state index contributed by atoms with van der Waals surface area (Å²) >= 11 is 3.15. The molecule has 0 saturated carbocycles. The van der Waals surface area contributed by atoms with Crippen molar-refractivity contribution in [3.8, 4) is 23.0 Å². The SMILES string of the molecule is COc1ccc(-c2nnc(SCc3csc(Cc4ccccc4)n3)o2)cc1OC. The van der Waals surface area contributed by atoms with E-state index in [0.29, 0.717) is 28.4 Å². The lowest BCUT2D eigenvalue weighted by molar-refractivity contribution is 0.355. The quantitative estimate of drug-likeness (QED) is 0.364. The van der Waals surface area contributed by atoms with Crippen molar-refractivity contribution in [2.24, 2.45) is 0 Å². The van der Waals surface area contributed by atoms with Crippen LogP contribution in [0.1, 0.15) is 16.3 Å². The second-order valence-electron chi connectivity index (χ2n) is 6.13. The van der Waals surface area contributed by atoms with Crippen molar-refractivity contribution in [2.45, 2.75) is 17.4 Å². The highest BCUT2D eigenvalue weighted by molar-refractivity contribution is 7.98. The summed E-state index contributed by atoms with van der Waals surface area (Å²) in [5.74, 6) is 2.39. The Morgan fingerprint density at radius 2 is 1.83 bits per heavy atom. The van der Waals surface area contributed by atoms with E-state index in [2.05, 4.69) is 27.7 Å². The molecule has 0 spiro atoms. The van der Waals surface area contributed by atoms with Crippen molar-refractivity contribution < 1.29 is 13.9 Å². The number of nitrogens with zero attached hydrogens (tertiary/aromatic N) is 3. The summed E-state index contributed by atoms with van der Waals surface area (Å²) in [6, 6.07) is 15.8. The van der Waals surface area contributed by atoms with Gasteiger partial charge in [-0.3, -0.25) is 0 Å². The van der Waals surface area contributed by atoms with Gasteiger partial charge in [-0.2, -0.15) is 0 Å². The smallest absolute Gasteiger partial charge is 0.277 e. The number of benzene rings is 2. The predicted octanol–water partition coefficient (Wildman–Crippen LogP) is 5.09. The van der Waals surface area contributed by atoms with E-state index in [1.165, 1.54) is 17.3 Å². The Morgan fingerprint density at radius 3 is 2.62 bits per heavy atom. The Bertz CT molecular complexity index is 1080. The monoisotopic (exact) mass is 425 g/mol. The molecule has 8 heteroatoms. The number of aromatic nitrogens is 3. The number of hydrogen-bond donors (Lipinski definition) is 0. The van der Waals surface area contributed by atoms with Gasteiger partial charge in [0.2, 0.25) is 5.89 Å². The van der Waals surface area contributed by atoms with Crippen LogP contribution in [-0.4, -0.2) is 29.4 Å². The second-order valence-corrected chi connectivity index (χ2v) is 8.00. The van der Waals surface area contributed by atoms with Gasteiger partial charge in [0.1, 0.15) is 0 Å². The molecule has 0 N–H and O–H groups in total. The summed E-state index contributed by atoms with van der Waals surface area (Å²) in [6.07, 6.45) is 0.847. The van der Waals surface area contributed by atoms with E-state index in [4.69, 9.17) is 18.9 Å². The second kappa shape index (κ2) is 9.11. The zero-order valence-electron chi connectivity index (χ0n) is 16.0. The highest BCUT2D eigenvalue weighted by atomic mass is 32.2. The zero-order valence-corrected chi connectivity index (χ0v) is 17.6. The zero-order chi connectivity index (χ0) is 20.1.